The zero-order valence-corrected chi connectivity index (χ0v) is 16.6. The fraction of sp³-hybridized carbons (Fsp3) is 0.143. The van der Waals surface area contributed by atoms with Gasteiger partial charge in [0.25, 0.3) is 5.91 Å². The van der Waals surface area contributed by atoms with Crippen LogP contribution in [0.5, 0.6) is 11.6 Å². The van der Waals surface area contributed by atoms with Gasteiger partial charge in [0, 0.05) is 18.0 Å². The van der Waals surface area contributed by atoms with E-state index in [4.69, 9.17) is 4.74 Å². The van der Waals surface area contributed by atoms with Crippen molar-refractivity contribution in [2.75, 3.05) is 11.6 Å². The summed E-state index contributed by atoms with van der Waals surface area (Å²) in [7, 11) is -3.41. The van der Waals surface area contributed by atoms with E-state index in [1.54, 1.807) is 24.4 Å². The average Bonchev–Trinajstić information content (AvgIpc) is 2.66. The van der Waals surface area contributed by atoms with Gasteiger partial charge in [0.05, 0.1) is 4.90 Å². The van der Waals surface area contributed by atoms with E-state index in [2.05, 4.69) is 10.3 Å². The van der Waals surface area contributed by atoms with E-state index in [0.717, 1.165) is 17.4 Å². The number of hydrogen-bond acceptors (Lipinski definition) is 5. The Hall–Kier alpha value is -3.19. The molecule has 3 rings (SSSR count). The molecule has 6 nitrogen and oxygen atoms in total. The van der Waals surface area contributed by atoms with Crippen LogP contribution >= 0.6 is 0 Å². The number of aryl methyl sites for hydroxylation is 1. The SMILES string of the molecule is Cc1cccc(Oc2ncccc2NC(=O)c2cccc(S(C)(=O)=O)c2)c1C. The van der Waals surface area contributed by atoms with Crippen molar-refractivity contribution >= 4 is 21.4 Å². The Morgan fingerprint density at radius 3 is 2.54 bits per heavy atom. The molecule has 0 atom stereocenters. The molecule has 0 spiro atoms. The molecular formula is C21H20N2O4S. The van der Waals surface area contributed by atoms with Crippen molar-refractivity contribution in [3.8, 4) is 11.6 Å². The first kappa shape index (κ1) is 19.6. The van der Waals surface area contributed by atoms with Crippen LogP contribution in [-0.2, 0) is 9.84 Å². The average molecular weight is 396 g/mol. The van der Waals surface area contributed by atoms with E-state index >= 15 is 0 Å². The molecular weight excluding hydrogens is 376 g/mol. The Morgan fingerprint density at radius 2 is 1.79 bits per heavy atom. The monoisotopic (exact) mass is 396 g/mol. The molecule has 0 radical (unpaired) electrons. The number of pyridine rings is 1. The van der Waals surface area contributed by atoms with Gasteiger partial charge in [0.1, 0.15) is 11.4 Å². The van der Waals surface area contributed by atoms with Crippen molar-refractivity contribution in [1.29, 1.82) is 0 Å². The summed E-state index contributed by atoms with van der Waals surface area (Å²) >= 11 is 0. The Balaban J connectivity index is 1.88. The normalized spacial score (nSPS) is 11.1. The maximum atomic E-state index is 12.6. The number of carbonyl (C=O) groups is 1. The number of hydrogen-bond donors (Lipinski definition) is 1. The molecule has 0 aliphatic carbocycles. The minimum Gasteiger partial charge on any atom is -0.437 e. The largest absolute Gasteiger partial charge is 0.437 e. The second kappa shape index (κ2) is 7.82. The smallest absolute Gasteiger partial charge is 0.255 e. The highest BCUT2D eigenvalue weighted by Crippen LogP contribution is 2.30. The maximum absolute atomic E-state index is 12.6. The molecule has 0 fully saturated rings. The molecule has 1 N–H and O–H groups in total. The molecule has 28 heavy (non-hydrogen) atoms. The molecule has 0 unspecified atom stereocenters. The summed E-state index contributed by atoms with van der Waals surface area (Å²) < 4.78 is 29.4. The van der Waals surface area contributed by atoms with E-state index in [1.165, 1.54) is 18.2 Å². The second-order valence-corrected chi connectivity index (χ2v) is 8.43. The van der Waals surface area contributed by atoms with Crippen LogP contribution in [0, 0.1) is 13.8 Å². The zero-order chi connectivity index (χ0) is 20.3. The van der Waals surface area contributed by atoms with Crippen molar-refractivity contribution in [1.82, 2.24) is 4.98 Å². The summed E-state index contributed by atoms with van der Waals surface area (Å²) in [6.07, 6.45) is 2.67. The van der Waals surface area contributed by atoms with E-state index in [-0.39, 0.29) is 16.3 Å². The summed E-state index contributed by atoms with van der Waals surface area (Å²) in [5.74, 6) is 0.446. The fourth-order valence-electron chi connectivity index (χ4n) is 2.57. The van der Waals surface area contributed by atoms with Crippen LogP contribution in [-0.4, -0.2) is 25.6 Å². The Morgan fingerprint density at radius 1 is 1.04 bits per heavy atom. The fourth-order valence-corrected chi connectivity index (χ4v) is 3.24. The van der Waals surface area contributed by atoms with Gasteiger partial charge >= 0.3 is 0 Å². The first-order valence-electron chi connectivity index (χ1n) is 8.56. The third kappa shape index (κ3) is 4.37. The third-order valence-electron chi connectivity index (χ3n) is 4.31. The second-order valence-electron chi connectivity index (χ2n) is 6.41. The molecule has 144 valence electrons. The molecule has 7 heteroatoms. The number of ether oxygens (including phenoxy) is 1. The lowest BCUT2D eigenvalue weighted by Gasteiger charge is -2.13. The number of aromatic nitrogens is 1. The van der Waals surface area contributed by atoms with Crippen LogP contribution < -0.4 is 10.1 Å². The highest BCUT2D eigenvalue weighted by molar-refractivity contribution is 7.90. The summed E-state index contributed by atoms with van der Waals surface area (Å²) in [5, 5.41) is 2.74. The van der Waals surface area contributed by atoms with Crippen LogP contribution in [0.2, 0.25) is 0 Å². The van der Waals surface area contributed by atoms with Gasteiger partial charge in [-0.05, 0) is 61.4 Å². The number of anilines is 1. The molecule has 0 aliphatic heterocycles. The van der Waals surface area contributed by atoms with Gasteiger partial charge in [0.2, 0.25) is 5.88 Å². The molecule has 0 aliphatic rings. The first-order valence-corrected chi connectivity index (χ1v) is 10.5. The van der Waals surface area contributed by atoms with Crippen LogP contribution in [0.25, 0.3) is 0 Å². The number of benzene rings is 2. The van der Waals surface area contributed by atoms with E-state index < -0.39 is 15.7 Å². The van der Waals surface area contributed by atoms with Gasteiger partial charge in [-0.15, -0.1) is 0 Å². The van der Waals surface area contributed by atoms with Crippen LogP contribution in [0.3, 0.4) is 0 Å². The van der Waals surface area contributed by atoms with Gasteiger partial charge in [-0.2, -0.15) is 0 Å². The van der Waals surface area contributed by atoms with Crippen molar-refractivity contribution in [3.05, 3.63) is 77.5 Å². The summed E-state index contributed by atoms with van der Waals surface area (Å²) in [5.41, 5.74) is 2.67. The predicted octanol–water partition coefficient (Wildman–Crippen LogP) is 4.15. The minimum absolute atomic E-state index is 0.0817. The van der Waals surface area contributed by atoms with Gasteiger partial charge in [0.15, 0.2) is 9.84 Å². The molecule has 1 heterocycles. The highest BCUT2D eigenvalue weighted by atomic mass is 32.2. The van der Waals surface area contributed by atoms with Gasteiger partial charge < -0.3 is 10.1 Å². The topological polar surface area (TPSA) is 85.4 Å². The summed E-state index contributed by atoms with van der Waals surface area (Å²) in [4.78, 5) is 16.9. The van der Waals surface area contributed by atoms with E-state index in [0.29, 0.717) is 11.4 Å². The maximum Gasteiger partial charge on any atom is 0.255 e. The van der Waals surface area contributed by atoms with Gasteiger partial charge in [-0.25, -0.2) is 13.4 Å². The predicted molar refractivity (Wildman–Crippen MR) is 108 cm³/mol. The molecule has 1 amide bonds. The lowest BCUT2D eigenvalue weighted by atomic mass is 10.1. The molecule has 3 aromatic rings. The zero-order valence-electron chi connectivity index (χ0n) is 15.8. The minimum atomic E-state index is -3.41. The summed E-state index contributed by atoms with van der Waals surface area (Å²) in [6, 6.07) is 14.9. The Bertz CT molecular complexity index is 1140. The first-order chi connectivity index (χ1) is 13.3. The number of carbonyl (C=O) groups excluding carboxylic acids is 1. The van der Waals surface area contributed by atoms with Gasteiger partial charge in [-0.1, -0.05) is 18.2 Å². The molecule has 0 bridgehead atoms. The lowest BCUT2D eigenvalue weighted by molar-refractivity contribution is 0.102. The van der Waals surface area contributed by atoms with Crippen LogP contribution in [0.15, 0.2) is 65.7 Å². The quantitative estimate of drug-likeness (QED) is 0.700. The molecule has 1 aromatic heterocycles. The van der Waals surface area contributed by atoms with E-state index in [1.807, 2.05) is 32.0 Å². The van der Waals surface area contributed by atoms with Crippen LogP contribution in [0.1, 0.15) is 21.5 Å². The number of sulfone groups is 1. The van der Waals surface area contributed by atoms with Crippen molar-refractivity contribution in [2.24, 2.45) is 0 Å². The lowest BCUT2D eigenvalue weighted by Crippen LogP contribution is -2.13. The number of nitrogens with zero attached hydrogens (tertiary/aromatic N) is 1. The molecule has 0 saturated heterocycles. The number of rotatable bonds is 5. The Labute approximate surface area is 164 Å². The Kier molecular flexibility index (Phi) is 5.46. The van der Waals surface area contributed by atoms with Gasteiger partial charge in [-0.3, -0.25) is 4.79 Å². The van der Waals surface area contributed by atoms with Crippen LogP contribution in [0.4, 0.5) is 5.69 Å². The van der Waals surface area contributed by atoms with Crippen molar-refractivity contribution in [2.45, 2.75) is 18.7 Å². The van der Waals surface area contributed by atoms with Crippen molar-refractivity contribution < 1.29 is 17.9 Å². The van der Waals surface area contributed by atoms with Crippen molar-refractivity contribution in [3.63, 3.8) is 0 Å². The number of amides is 1. The highest BCUT2D eigenvalue weighted by Gasteiger charge is 2.15. The molecule has 2 aromatic carbocycles. The number of nitrogens with one attached hydrogen (secondary N) is 1. The molecule has 0 saturated carbocycles. The van der Waals surface area contributed by atoms with E-state index in [9.17, 15) is 13.2 Å². The standard InChI is InChI=1S/C21H20N2O4S/c1-14-7-4-11-19(15(14)2)27-21-18(10-6-12-22-21)23-20(24)16-8-5-9-17(13-16)28(3,25)26/h4-13H,1-3H3,(H,23,24). The summed E-state index contributed by atoms with van der Waals surface area (Å²) in [6.45, 7) is 3.93. The third-order valence-corrected chi connectivity index (χ3v) is 5.42.